The summed E-state index contributed by atoms with van der Waals surface area (Å²) in [7, 11) is 0. The summed E-state index contributed by atoms with van der Waals surface area (Å²) in [6, 6.07) is 6.18. The number of carbonyl (C=O) groups excluding carboxylic acids is 1. The molecule has 1 aromatic carbocycles. The number of thiophene rings is 1. The Kier molecular flexibility index (Phi) is 7.11. The highest BCUT2D eigenvalue weighted by molar-refractivity contribution is 7.99. The first-order chi connectivity index (χ1) is 16.5. The van der Waals surface area contributed by atoms with E-state index in [9.17, 15) is 9.59 Å². The maximum atomic E-state index is 13.9. The number of aromatic nitrogens is 2. The van der Waals surface area contributed by atoms with Crippen LogP contribution >= 0.6 is 23.1 Å². The Labute approximate surface area is 209 Å². The number of nitrogens with zero attached hydrogens (tertiary/aromatic N) is 2. The van der Waals surface area contributed by atoms with Crippen LogP contribution in [0.2, 0.25) is 0 Å². The molecule has 1 saturated carbocycles. The van der Waals surface area contributed by atoms with E-state index in [-0.39, 0.29) is 17.2 Å². The lowest BCUT2D eigenvalue weighted by Crippen LogP contribution is -2.31. The molecule has 34 heavy (non-hydrogen) atoms. The van der Waals surface area contributed by atoms with Gasteiger partial charge in [-0.1, -0.05) is 37.1 Å². The maximum Gasteiger partial charge on any atom is 0.267 e. The molecule has 5 nitrogen and oxygen atoms in total. The molecular formula is C27H33N3O2S2. The second kappa shape index (κ2) is 10.2. The summed E-state index contributed by atoms with van der Waals surface area (Å²) in [6.07, 6.45) is 10.6. The van der Waals surface area contributed by atoms with Crippen LogP contribution in [0.4, 0.5) is 0 Å². The van der Waals surface area contributed by atoms with E-state index in [1.165, 1.54) is 60.7 Å². The van der Waals surface area contributed by atoms with E-state index in [2.05, 4.69) is 11.4 Å². The molecule has 0 radical (unpaired) electrons. The number of thioether (sulfide) groups is 1. The zero-order chi connectivity index (χ0) is 23.7. The van der Waals surface area contributed by atoms with Gasteiger partial charge in [-0.2, -0.15) is 0 Å². The van der Waals surface area contributed by atoms with Crippen molar-refractivity contribution in [3.05, 3.63) is 50.1 Å². The van der Waals surface area contributed by atoms with Gasteiger partial charge in [0, 0.05) is 11.4 Å². The molecule has 2 aliphatic rings. The Morgan fingerprint density at radius 3 is 2.59 bits per heavy atom. The SMILES string of the molecule is Cc1cc(C)cc(-n2c(SCC(=O)NCC3CCCCC3)nc3sc4c(c3c2=O)CCCC4)c1. The first kappa shape index (κ1) is 23.6. The van der Waals surface area contributed by atoms with Crippen LogP contribution in [0.25, 0.3) is 15.9 Å². The third-order valence-electron chi connectivity index (χ3n) is 7.07. The molecule has 0 unspecified atom stereocenters. The minimum atomic E-state index is -0.000450. The van der Waals surface area contributed by atoms with Crippen molar-refractivity contribution < 1.29 is 4.79 Å². The fraction of sp³-hybridized carbons (Fsp3) is 0.519. The number of amides is 1. The molecule has 180 valence electrons. The van der Waals surface area contributed by atoms with Crippen LogP contribution in [0.15, 0.2) is 28.2 Å². The zero-order valence-electron chi connectivity index (χ0n) is 20.1. The fourth-order valence-corrected chi connectivity index (χ4v) is 7.57. The molecule has 1 fully saturated rings. The monoisotopic (exact) mass is 495 g/mol. The number of aryl methyl sites for hydroxylation is 4. The smallest absolute Gasteiger partial charge is 0.267 e. The van der Waals surface area contributed by atoms with Gasteiger partial charge in [-0.15, -0.1) is 11.3 Å². The van der Waals surface area contributed by atoms with Gasteiger partial charge >= 0.3 is 0 Å². The van der Waals surface area contributed by atoms with E-state index in [0.717, 1.165) is 52.8 Å². The highest BCUT2D eigenvalue weighted by Gasteiger charge is 2.23. The van der Waals surface area contributed by atoms with Gasteiger partial charge in [0.1, 0.15) is 4.83 Å². The van der Waals surface area contributed by atoms with Crippen molar-refractivity contribution in [3.8, 4) is 5.69 Å². The minimum absolute atomic E-state index is 0.000450. The Morgan fingerprint density at radius 2 is 1.82 bits per heavy atom. The number of carbonyl (C=O) groups is 1. The van der Waals surface area contributed by atoms with Crippen molar-refractivity contribution in [3.63, 3.8) is 0 Å². The Balaban J connectivity index is 1.47. The molecule has 5 rings (SSSR count). The summed E-state index contributed by atoms with van der Waals surface area (Å²) >= 11 is 3.03. The van der Waals surface area contributed by atoms with E-state index in [0.29, 0.717) is 11.1 Å². The Bertz CT molecular complexity index is 1250. The summed E-state index contributed by atoms with van der Waals surface area (Å²) in [5.41, 5.74) is 4.24. The van der Waals surface area contributed by atoms with Gasteiger partial charge in [0.05, 0.1) is 16.8 Å². The molecule has 0 bridgehead atoms. The quantitative estimate of drug-likeness (QED) is 0.350. The molecule has 0 spiro atoms. The predicted octanol–water partition coefficient (Wildman–Crippen LogP) is 5.73. The molecule has 7 heteroatoms. The van der Waals surface area contributed by atoms with Gasteiger partial charge in [-0.05, 0) is 87.1 Å². The van der Waals surface area contributed by atoms with E-state index < -0.39 is 0 Å². The van der Waals surface area contributed by atoms with Crippen LogP contribution in [0.5, 0.6) is 0 Å². The molecule has 0 saturated heterocycles. The van der Waals surface area contributed by atoms with Gasteiger partial charge in [-0.3, -0.25) is 14.2 Å². The van der Waals surface area contributed by atoms with Gasteiger partial charge in [0.25, 0.3) is 5.56 Å². The third kappa shape index (κ3) is 4.96. The molecule has 2 heterocycles. The van der Waals surface area contributed by atoms with Crippen LogP contribution in [-0.4, -0.2) is 27.8 Å². The van der Waals surface area contributed by atoms with E-state index in [4.69, 9.17) is 4.98 Å². The van der Waals surface area contributed by atoms with Crippen LogP contribution in [0, 0.1) is 19.8 Å². The van der Waals surface area contributed by atoms with Gasteiger partial charge in [0.2, 0.25) is 5.91 Å². The molecular weight excluding hydrogens is 462 g/mol. The molecule has 2 aliphatic carbocycles. The minimum Gasteiger partial charge on any atom is -0.355 e. The van der Waals surface area contributed by atoms with Crippen molar-refractivity contribution in [1.29, 1.82) is 0 Å². The third-order valence-corrected chi connectivity index (χ3v) is 9.19. The fourth-order valence-electron chi connectivity index (χ4n) is 5.42. The topological polar surface area (TPSA) is 64.0 Å². The second-order valence-electron chi connectivity index (χ2n) is 9.87. The number of hydrogen-bond donors (Lipinski definition) is 1. The van der Waals surface area contributed by atoms with Crippen molar-refractivity contribution >= 4 is 39.2 Å². The first-order valence-corrected chi connectivity index (χ1v) is 14.4. The van der Waals surface area contributed by atoms with Gasteiger partial charge in [-0.25, -0.2) is 4.98 Å². The van der Waals surface area contributed by atoms with Gasteiger partial charge < -0.3 is 5.32 Å². The summed E-state index contributed by atoms with van der Waals surface area (Å²) in [5.74, 6) is 0.881. The van der Waals surface area contributed by atoms with Crippen molar-refractivity contribution in [1.82, 2.24) is 14.9 Å². The predicted molar refractivity (Wildman–Crippen MR) is 142 cm³/mol. The molecule has 0 aliphatic heterocycles. The second-order valence-corrected chi connectivity index (χ2v) is 11.9. The standard InChI is InChI=1S/C27H33N3O2S2/c1-17-12-18(2)14-20(13-17)30-26(32)24-21-10-6-7-11-22(21)34-25(24)29-27(30)33-16-23(31)28-15-19-8-4-3-5-9-19/h12-14,19H,3-11,15-16H2,1-2H3,(H,28,31). The van der Waals surface area contributed by atoms with Crippen LogP contribution in [0.3, 0.4) is 0 Å². The molecule has 2 aromatic heterocycles. The van der Waals surface area contributed by atoms with Gasteiger partial charge in [0.15, 0.2) is 5.16 Å². The largest absolute Gasteiger partial charge is 0.355 e. The van der Waals surface area contributed by atoms with E-state index in [1.807, 2.05) is 26.0 Å². The zero-order valence-corrected chi connectivity index (χ0v) is 21.7. The normalized spacial score (nSPS) is 16.5. The average Bonchev–Trinajstić information content (AvgIpc) is 3.20. The lowest BCUT2D eigenvalue weighted by molar-refractivity contribution is -0.118. The molecule has 0 atom stereocenters. The van der Waals surface area contributed by atoms with E-state index >= 15 is 0 Å². The summed E-state index contributed by atoms with van der Waals surface area (Å²) in [5, 5.41) is 4.51. The van der Waals surface area contributed by atoms with Crippen LogP contribution in [-0.2, 0) is 17.6 Å². The van der Waals surface area contributed by atoms with E-state index in [1.54, 1.807) is 15.9 Å². The van der Waals surface area contributed by atoms with Crippen molar-refractivity contribution in [2.45, 2.75) is 76.8 Å². The number of fused-ring (bicyclic) bond motifs is 3. The average molecular weight is 496 g/mol. The highest BCUT2D eigenvalue weighted by atomic mass is 32.2. The summed E-state index contributed by atoms with van der Waals surface area (Å²) in [6.45, 7) is 4.85. The summed E-state index contributed by atoms with van der Waals surface area (Å²) in [4.78, 5) is 33.7. The number of benzene rings is 1. The lowest BCUT2D eigenvalue weighted by atomic mass is 9.89. The number of hydrogen-bond acceptors (Lipinski definition) is 5. The van der Waals surface area contributed by atoms with Crippen LogP contribution in [0.1, 0.15) is 66.5 Å². The highest BCUT2D eigenvalue weighted by Crippen LogP contribution is 2.35. The lowest BCUT2D eigenvalue weighted by Gasteiger charge is -2.21. The number of nitrogens with one attached hydrogen (secondary N) is 1. The summed E-state index contributed by atoms with van der Waals surface area (Å²) < 4.78 is 1.74. The molecule has 1 amide bonds. The van der Waals surface area contributed by atoms with Crippen molar-refractivity contribution in [2.75, 3.05) is 12.3 Å². The first-order valence-electron chi connectivity index (χ1n) is 12.5. The Morgan fingerprint density at radius 1 is 1.09 bits per heavy atom. The Hall–Kier alpha value is -2.12. The number of rotatable bonds is 6. The molecule has 1 N–H and O–H groups in total. The van der Waals surface area contributed by atoms with Crippen LogP contribution < -0.4 is 10.9 Å². The maximum absolute atomic E-state index is 13.9. The molecule has 3 aromatic rings. The van der Waals surface area contributed by atoms with Crippen molar-refractivity contribution in [2.24, 2.45) is 5.92 Å².